The number of carbonyl (C=O) groups is 1. The Labute approximate surface area is 94.1 Å². The maximum atomic E-state index is 12.1. The number of rotatable bonds is 1. The highest BCUT2D eigenvalue weighted by atomic mass is 32.1. The molecule has 2 heterocycles. The van der Waals surface area contributed by atoms with E-state index in [1.54, 1.807) is 11.3 Å². The van der Waals surface area contributed by atoms with Crippen molar-refractivity contribution in [2.45, 2.75) is 19.9 Å². The van der Waals surface area contributed by atoms with E-state index in [1.807, 2.05) is 24.0 Å². The minimum atomic E-state index is 0.183. The molecule has 0 aromatic carbocycles. The Kier molecular flexibility index (Phi) is 3.07. The normalized spacial score (nSPS) is 21.7. The molecule has 0 saturated carbocycles. The van der Waals surface area contributed by atoms with E-state index in [2.05, 4.69) is 12.2 Å². The van der Waals surface area contributed by atoms with E-state index in [0.29, 0.717) is 6.04 Å². The second-order valence-corrected chi connectivity index (χ2v) is 5.25. The highest BCUT2D eigenvalue weighted by Gasteiger charge is 2.24. The molecule has 4 heteroatoms. The van der Waals surface area contributed by atoms with Crippen LogP contribution in [0, 0.1) is 6.92 Å². The minimum absolute atomic E-state index is 0.183. The topological polar surface area (TPSA) is 32.3 Å². The number of piperazine rings is 1. The predicted molar refractivity (Wildman–Crippen MR) is 62.4 cm³/mol. The van der Waals surface area contributed by atoms with Crippen molar-refractivity contribution in [2.75, 3.05) is 19.6 Å². The molecule has 1 aromatic rings. The summed E-state index contributed by atoms with van der Waals surface area (Å²) in [4.78, 5) is 16.1. The first-order chi connectivity index (χ1) is 7.18. The molecule has 1 N–H and O–H groups in total. The molecule has 15 heavy (non-hydrogen) atoms. The predicted octanol–water partition coefficient (Wildman–Crippen LogP) is 1.49. The van der Waals surface area contributed by atoms with E-state index < -0.39 is 0 Å². The maximum Gasteiger partial charge on any atom is 0.264 e. The Bertz CT molecular complexity index is 361. The average molecular weight is 224 g/mol. The smallest absolute Gasteiger partial charge is 0.264 e. The molecule has 1 amide bonds. The van der Waals surface area contributed by atoms with Crippen LogP contribution in [0.5, 0.6) is 0 Å². The van der Waals surface area contributed by atoms with Gasteiger partial charge in [0.25, 0.3) is 5.91 Å². The molecule has 1 atom stereocenters. The molecule has 1 aromatic heterocycles. The van der Waals surface area contributed by atoms with Crippen LogP contribution < -0.4 is 5.32 Å². The molecule has 82 valence electrons. The van der Waals surface area contributed by atoms with Crippen LogP contribution in [-0.4, -0.2) is 36.5 Å². The zero-order chi connectivity index (χ0) is 10.8. The van der Waals surface area contributed by atoms with Crippen LogP contribution in [-0.2, 0) is 0 Å². The third-order valence-corrected chi connectivity index (χ3v) is 3.70. The summed E-state index contributed by atoms with van der Waals surface area (Å²) >= 11 is 1.58. The van der Waals surface area contributed by atoms with Crippen LogP contribution in [0.15, 0.2) is 12.1 Å². The van der Waals surface area contributed by atoms with Gasteiger partial charge in [-0.25, -0.2) is 0 Å². The highest BCUT2D eigenvalue weighted by molar-refractivity contribution is 7.13. The number of nitrogens with zero attached hydrogens (tertiary/aromatic N) is 1. The van der Waals surface area contributed by atoms with Gasteiger partial charge >= 0.3 is 0 Å². The zero-order valence-corrected chi connectivity index (χ0v) is 9.93. The molecule has 1 saturated heterocycles. The quantitative estimate of drug-likeness (QED) is 0.784. The van der Waals surface area contributed by atoms with E-state index in [9.17, 15) is 4.79 Å². The Morgan fingerprint density at radius 2 is 2.40 bits per heavy atom. The Hall–Kier alpha value is -0.870. The average Bonchev–Trinajstić information content (AvgIpc) is 2.65. The van der Waals surface area contributed by atoms with Gasteiger partial charge in [-0.15, -0.1) is 11.3 Å². The molecule has 1 fully saturated rings. The standard InChI is InChI=1S/C11H16N2OS/c1-8-7-12-5-6-13(8)11(14)10-4-3-9(2)15-10/h3-4,8,12H,5-7H2,1-2H3/t8-/m0/s1. The Morgan fingerprint density at radius 1 is 1.60 bits per heavy atom. The van der Waals surface area contributed by atoms with Crippen molar-refractivity contribution in [3.05, 3.63) is 21.9 Å². The number of hydrogen-bond acceptors (Lipinski definition) is 3. The lowest BCUT2D eigenvalue weighted by atomic mass is 10.2. The van der Waals surface area contributed by atoms with Gasteiger partial charge in [-0.3, -0.25) is 4.79 Å². The second-order valence-electron chi connectivity index (χ2n) is 3.96. The van der Waals surface area contributed by atoms with Gasteiger partial charge < -0.3 is 10.2 Å². The van der Waals surface area contributed by atoms with Crippen molar-refractivity contribution in [3.8, 4) is 0 Å². The van der Waals surface area contributed by atoms with Gasteiger partial charge in [0.05, 0.1) is 4.88 Å². The van der Waals surface area contributed by atoms with Gasteiger partial charge in [0, 0.05) is 30.6 Å². The van der Waals surface area contributed by atoms with E-state index >= 15 is 0 Å². The molecule has 1 aliphatic rings. The summed E-state index contributed by atoms with van der Waals surface area (Å²) in [5.41, 5.74) is 0. The summed E-state index contributed by atoms with van der Waals surface area (Å²) in [6, 6.07) is 4.23. The van der Waals surface area contributed by atoms with Crippen LogP contribution >= 0.6 is 11.3 Å². The van der Waals surface area contributed by atoms with Gasteiger partial charge in [-0.05, 0) is 26.0 Å². The lowest BCUT2D eigenvalue weighted by Crippen LogP contribution is -2.52. The van der Waals surface area contributed by atoms with Crippen LogP contribution in [0.4, 0.5) is 0 Å². The molecular formula is C11H16N2OS. The first kappa shape index (κ1) is 10.6. The molecule has 0 aliphatic carbocycles. The summed E-state index contributed by atoms with van der Waals surface area (Å²) in [6.45, 7) is 6.74. The number of amides is 1. The van der Waals surface area contributed by atoms with Crippen molar-refractivity contribution in [1.29, 1.82) is 0 Å². The van der Waals surface area contributed by atoms with E-state index in [0.717, 1.165) is 24.5 Å². The zero-order valence-electron chi connectivity index (χ0n) is 9.12. The molecule has 0 spiro atoms. The van der Waals surface area contributed by atoms with Crippen LogP contribution in [0.25, 0.3) is 0 Å². The Balaban J connectivity index is 2.13. The van der Waals surface area contributed by atoms with Crippen LogP contribution in [0.3, 0.4) is 0 Å². The third kappa shape index (κ3) is 2.21. The first-order valence-electron chi connectivity index (χ1n) is 5.26. The number of nitrogens with one attached hydrogen (secondary N) is 1. The molecule has 0 radical (unpaired) electrons. The summed E-state index contributed by atoms with van der Waals surface area (Å²) < 4.78 is 0. The van der Waals surface area contributed by atoms with Gasteiger partial charge in [0.1, 0.15) is 0 Å². The van der Waals surface area contributed by atoms with E-state index in [4.69, 9.17) is 0 Å². The van der Waals surface area contributed by atoms with Gasteiger partial charge in [-0.1, -0.05) is 0 Å². The Morgan fingerprint density at radius 3 is 3.00 bits per heavy atom. The highest BCUT2D eigenvalue weighted by Crippen LogP contribution is 2.18. The van der Waals surface area contributed by atoms with Crippen molar-refractivity contribution in [2.24, 2.45) is 0 Å². The van der Waals surface area contributed by atoms with Crippen LogP contribution in [0.2, 0.25) is 0 Å². The van der Waals surface area contributed by atoms with Crippen molar-refractivity contribution < 1.29 is 4.79 Å². The number of thiophene rings is 1. The second kappa shape index (κ2) is 4.33. The molecule has 2 rings (SSSR count). The molecule has 3 nitrogen and oxygen atoms in total. The summed E-state index contributed by atoms with van der Waals surface area (Å²) in [5, 5.41) is 3.29. The fraction of sp³-hybridized carbons (Fsp3) is 0.545. The monoisotopic (exact) mass is 224 g/mol. The molecular weight excluding hydrogens is 208 g/mol. The van der Waals surface area contributed by atoms with Crippen molar-refractivity contribution >= 4 is 17.2 Å². The van der Waals surface area contributed by atoms with Gasteiger partial charge in [0.2, 0.25) is 0 Å². The summed E-state index contributed by atoms with van der Waals surface area (Å²) in [7, 11) is 0. The third-order valence-electron chi connectivity index (χ3n) is 2.71. The summed E-state index contributed by atoms with van der Waals surface area (Å²) in [5.74, 6) is 0.183. The lowest BCUT2D eigenvalue weighted by molar-refractivity contribution is 0.0661. The van der Waals surface area contributed by atoms with Crippen molar-refractivity contribution in [1.82, 2.24) is 10.2 Å². The number of aryl methyl sites for hydroxylation is 1. The first-order valence-corrected chi connectivity index (χ1v) is 6.08. The maximum absolute atomic E-state index is 12.1. The van der Waals surface area contributed by atoms with E-state index in [-0.39, 0.29) is 5.91 Å². The fourth-order valence-electron chi connectivity index (χ4n) is 1.83. The minimum Gasteiger partial charge on any atom is -0.333 e. The van der Waals surface area contributed by atoms with Crippen molar-refractivity contribution in [3.63, 3.8) is 0 Å². The van der Waals surface area contributed by atoms with Gasteiger partial charge in [0.15, 0.2) is 0 Å². The summed E-state index contributed by atoms with van der Waals surface area (Å²) in [6.07, 6.45) is 0. The van der Waals surface area contributed by atoms with Gasteiger partial charge in [-0.2, -0.15) is 0 Å². The number of carbonyl (C=O) groups excluding carboxylic acids is 1. The number of hydrogen-bond donors (Lipinski definition) is 1. The SMILES string of the molecule is Cc1ccc(C(=O)N2CCNC[C@@H]2C)s1. The van der Waals surface area contributed by atoms with E-state index in [1.165, 1.54) is 4.88 Å². The fourth-order valence-corrected chi connectivity index (χ4v) is 2.66. The molecule has 0 unspecified atom stereocenters. The molecule has 0 bridgehead atoms. The largest absolute Gasteiger partial charge is 0.333 e. The molecule has 1 aliphatic heterocycles. The van der Waals surface area contributed by atoms with Crippen LogP contribution in [0.1, 0.15) is 21.5 Å². The lowest BCUT2D eigenvalue weighted by Gasteiger charge is -2.33.